The minimum Gasteiger partial charge on any atom is -0.284 e. The van der Waals surface area contributed by atoms with E-state index in [-0.39, 0.29) is 11.6 Å². The molecule has 2 aromatic rings. The van der Waals surface area contributed by atoms with Crippen LogP contribution in [0.3, 0.4) is 0 Å². The number of fused-ring (bicyclic) bond motifs is 1. The first kappa shape index (κ1) is 14.7. The number of hydrogen-bond donors (Lipinski definition) is 0. The summed E-state index contributed by atoms with van der Waals surface area (Å²) in [4.78, 5) is 17.5. The van der Waals surface area contributed by atoms with Crippen molar-refractivity contribution in [2.75, 3.05) is 5.75 Å². The second-order valence-electron chi connectivity index (χ2n) is 5.20. The number of rotatable bonds is 4. The van der Waals surface area contributed by atoms with Crippen LogP contribution in [0.2, 0.25) is 0 Å². The molecule has 0 unspecified atom stereocenters. The molecule has 110 valence electrons. The Hall–Kier alpha value is -1.26. The zero-order valence-electron chi connectivity index (χ0n) is 11.7. The van der Waals surface area contributed by atoms with Crippen LogP contribution in [0.4, 0.5) is 0 Å². The molecule has 5 heteroatoms. The molecule has 0 N–H and O–H groups in total. The Morgan fingerprint density at radius 1 is 1.33 bits per heavy atom. The van der Waals surface area contributed by atoms with Gasteiger partial charge in [0, 0.05) is 17.3 Å². The van der Waals surface area contributed by atoms with Crippen LogP contribution < -0.4 is 5.56 Å². The van der Waals surface area contributed by atoms with Gasteiger partial charge in [0.2, 0.25) is 0 Å². The van der Waals surface area contributed by atoms with E-state index in [1.165, 1.54) is 18.4 Å². The normalized spacial score (nSPS) is 16.2. The molecule has 0 aliphatic heterocycles. The van der Waals surface area contributed by atoms with Gasteiger partial charge in [-0.05, 0) is 25.0 Å². The van der Waals surface area contributed by atoms with E-state index < -0.39 is 0 Å². The maximum absolute atomic E-state index is 12.8. The SMILES string of the molecule is O=c1c2ccccc2nc(SC/C=C/Cl)n1C1CCCC1. The Labute approximate surface area is 133 Å². The summed E-state index contributed by atoms with van der Waals surface area (Å²) in [5, 5.41) is 1.52. The number of benzene rings is 1. The minimum absolute atomic E-state index is 0.0878. The lowest BCUT2D eigenvalue weighted by molar-refractivity contribution is 0.458. The lowest BCUT2D eigenvalue weighted by atomic mass is 10.2. The third kappa shape index (κ3) is 3.01. The zero-order valence-corrected chi connectivity index (χ0v) is 13.2. The second-order valence-corrected chi connectivity index (χ2v) is 6.44. The molecule has 3 rings (SSSR count). The van der Waals surface area contributed by atoms with Gasteiger partial charge in [0.05, 0.1) is 10.9 Å². The molecule has 0 bridgehead atoms. The van der Waals surface area contributed by atoms with Crippen molar-refractivity contribution in [2.45, 2.75) is 36.9 Å². The fourth-order valence-electron chi connectivity index (χ4n) is 2.87. The smallest absolute Gasteiger partial charge is 0.262 e. The van der Waals surface area contributed by atoms with Gasteiger partial charge >= 0.3 is 0 Å². The fraction of sp³-hybridized carbons (Fsp3) is 0.375. The first-order valence-corrected chi connectivity index (χ1v) is 8.63. The number of aromatic nitrogens is 2. The quantitative estimate of drug-likeness (QED) is 0.620. The maximum Gasteiger partial charge on any atom is 0.262 e. The van der Waals surface area contributed by atoms with Crippen LogP contribution in [0.25, 0.3) is 10.9 Å². The molecule has 1 saturated carbocycles. The highest BCUT2D eigenvalue weighted by atomic mass is 35.5. The van der Waals surface area contributed by atoms with E-state index in [4.69, 9.17) is 16.6 Å². The molecular weight excluding hydrogens is 304 g/mol. The van der Waals surface area contributed by atoms with Crippen molar-refractivity contribution in [2.24, 2.45) is 0 Å². The summed E-state index contributed by atoms with van der Waals surface area (Å²) in [6.07, 6.45) is 6.38. The zero-order chi connectivity index (χ0) is 14.7. The number of halogens is 1. The molecule has 1 aromatic heterocycles. The van der Waals surface area contributed by atoms with Crippen LogP contribution in [0.1, 0.15) is 31.7 Å². The molecule has 3 nitrogen and oxygen atoms in total. The Morgan fingerprint density at radius 2 is 2.10 bits per heavy atom. The molecule has 0 saturated heterocycles. The van der Waals surface area contributed by atoms with Crippen molar-refractivity contribution in [3.05, 3.63) is 46.2 Å². The van der Waals surface area contributed by atoms with E-state index in [0.717, 1.165) is 29.3 Å². The van der Waals surface area contributed by atoms with Gasteiger partial charge in [-0.1, -0.05) is 54.4 Å². The standard InChI is InChI=1S/C16H17ClN2OS/c17-10-5-11-21-16-18-14-9-4-3-8-13(14)15(20)19(16)12-6-1-2-7-12/h3-5,8-10,12H,1-2,6-7,11H2/b10-5+. The van der Waals surface area contributed by atoms with Gasteiger partial charge in [0.25, 0.3) is 5.56 Å². The summed E-state index contributed by atoms with van der Waals surface area (Å²) < 4.78 is 1.90. The van der Waals surface area contributed by atoms with Gasteiger partial charge in [-0.2, -0.15) is 0 Å². The Bertz CT molecular complexity index is 720. The summed E-state index contributed by atoms with van der Waals surface area (Å²) >= 11 is 7.15. The fourth-order valence-corrected chi connectivity index (χ4v) is 3.94. The summed E-state index contributed by atoms with van der Waals surface area (Å²) in [6, 6.07) is 7.87. The monoisotopic (exact) mass is 320 g/mol. The highest BCUT2D eigenvalue weighted by Gasteiger charge is 2.22. The molecule has 1 aliphatic rings. The predicted molar refractivity (Wildman–Crippen MR) is 89.2 cm³/mol. The Balaban J connectivity index is 2.12. The predicted octanol–water partition coefficient (Wildman–Crippen LogP) is 4.36. The van der Waals surface area contributed by atoms with Gasteiger partial charge < -0.3 is 0 Å². The van der Waals surface area contributed by atoms with E-state index in [1.807, 2.05) is 34.9 Å². The number of nitrogens with zero attached hydrogens (tertiary/aromatic N) is 2. The number of para-hydroxylation sites is 1. The van der Waals surface area contributed by atoms with E-state index >= 15 is 0 Å². The third-order valence-electron chi connectivity index (χ3n) is 3.86. The van der Waals surface area contributed by atoms with Gasteiger partial charge in [0.1, 0.15) is 0 Å². The van der Waals surface area contributed by atoms with Gasteiger partial charge in [-0.25, -0.2) is 4.98 Å². The van der Waals surface area contributed by atoms with Crippen LogP contribution in [-0.2, 0) is 0 Å². The summed E-state index contributed by atoms with van der Waals surface area (Å²) in [5.74, 6) is 0.723. The lowest BCUT2D eigenvalue weighted by Crippen LogP contribution is -2.26. The van der Waals surface area contributed by atoms with Crippen LogP contribution >= 0.6 is 23.4 Å². The molecule has 1 heterocycles. The molecule has 0 amide bonds. The first-order valence-electron chi connectivity index (χ1n) is 7.20. The maximum atomic E-state index is 12.8. The molecule has 0 atom stereocenters. The highest BCUT2D eigenvalue weighted by Crippen LogP contribution is 2.32. The van der Waals surface area contributed by atoms with Crippen molar-refractivity contribution in [1.29, 1.82) is 0 Å². The molecule has 1 fully saturated rings. The van der Waals surface area contributed by atoms with Gasteiger partial charge in [-0.3, -0.25) is 9.36 Å². The molecular formula is C16H17ClN2OS. The van der Waals surface area contributed by atoms with E-state index in [0.29, 0.717) is 5.39 Å². The second kappa shape index (κ2) is 6.67. The minimum atomic E-state index is 0.0878. The van der Waals surface area contributed by atoms with Crippen molar-refractivity contribution in [3.8, 4) is 0 Å². The summed E-state index contributed by atoms with van der Waals surface area (Å²) in [6.45, 7) is 0. The van der Waals surface area contributed by atoms with Gasteiger partial charge in [-0.15, -0.1) is 0 Å². The van der Waals surface area contributed by atoms with E-state index in [2.05, 4.69) is 0 Å². The third-order valence-corrected chi connectivity index (χ3v) is 4.95. The number of hydrogen-bond acceptors (Lipinski definition) is 3. The molecule has 1 aliphatic carbocycles. The molecule has 0 spiro atoms. The topological polar surface area (TPSA) is 34.9 Å². The average molecular weight is 321 g/mol. The molecule has 1 aromatic carbocycles. The molecule has 21 heavy (non-hydrogen) atoms. The van der Waals surface area contributed by atoms with E-state index in [9.17, 15) is 4.79 Å². The van der Waals surface area contributed by atoms with Crippen molar-refractivity contribution >= 4 is 34.3 Å². The highest BCUT2D eigenvalue weighted by molar-refractivity contribution is 7.99. The molecule has 0 radical (unpaired) electrons. The summed E-state index contributed by atoms with van der Waals surface area (Å²) in [7, 11) is 0. The van der Waals surface area contributed by atoms with Crippen LogP contribution in [-0.4, -0.2) is 15.3 Å². The van der Waals surface area contributed by atoms with Crippen LogP contribution in [0.5, 0.6) is 0 Å². The van der Waals surface area contributed by atoms with E-state index in [1.54, 1.807) is 11.8 Å². The van der Waals surface area contributed by atoms with Crippen molar-refractivity contribution < 1.29 is 0 Å². The lowest BCUT2D eigenvalue weighted by Gasteiger charge is -2.18. The largest absolute Gasteiger partial charge is 0.284 e. The van der Waals surface area contributed by atoms with Crippen LogP contribution in [0, 0.1) is 0 Å². The Kier molecular flexibility index (Phi) is 4.66. The van der Waals surface area contributed by atoms with Gasteiger partial charge in [0.15, 0.2) is 5.16 Å². The van der Waals surface area contributed by atoms with Crippen LogP contribution in [0.15, 0.2) is 45.8 Å². The number of thioether (sulfide) groups is 1. The first-order chi connectivity index (χ1) is 10.3. The Morgan fingerprint density at radius 3 is 2.86 bits per heavy atom. The van der Waals surface area contributed by atoms with Crippen molar-refractivity contribution in [3.63, 3.8) is 0 Å². The summed E-state index contributed by atoms with van der Waals surface area (Å²) in [5.41, 5.74) is 2.37. The van der Waals surface area contributed by atoms with Crippen molar-refractivity contribution in [1.82, 2.24) is 9.55 Å². The average Bonchev–Trinajstić information content (AvgIpc) is 3.02.